The van der Waals surface area contributed by atoms with Crippen LogP contribution in [0, 0.1) is 29.1 Å². The molecule has 0 aliphatic rings. The van der Waals surface area contributed by atoms with Gasteiger partial charge in [0.1, 0.15) is 18.1 Å². The predicted octanol–water partition coefficient (Wildman–Crippen LogP) is 5.87. The van der Waals surface area contributed by atoms with Gasteiger partial charge in [-0.25, -0.2) is 13.2 Å². The molecule has 0 heterocycles. The van der Waals surface area contributed by atoms with Gasteiger partial charge in [0, 0.05) is 11.1 Å². The highest BCUT2D eigenvalue weighted by atomic mass is 19.2. The largest absolute Gasteiger partial charge is 0.497 e. The van der Waals surface area contributed by atoms with E-state index in [1.807, 2.05) is 0 Å². The van der Waals surface area contributed by atoms with Crippen LogP contribution in [0.3, 0.4) is 0 Å². The molecule has 3 aromatic rings. The predicted molar refractivity (Wildman–Crippen MR) is 110 cm³/mol. The number of hydrogen-bond donors (Lipinski definition) is 0. The van der Waals surface area contributed by atoms with Crippen LogP contribution in [-0.2, 0) is 6.61 Å². The summed E-state index contributed by atoms with van der Waals surface area (Å²) in [5, 5.41) is 0. The fourth-order valence-corrected chi connectivity index (χ4v) is 2.90. The van der Waals surface area contributed by atoms with E-state index in [0.717, 1.165) is 0 Å². The van der Waals surface area contributed by atoms with Crippen LogP contribution in [0.5, 0.6) is 17.2 Å². The zero-order valence-corrected chi connectivity index (χ0v) is 17.4. The number of carbonyl (C=O) groups excluding carboxylic acids is 1. The highest BCUT2D eigenvalue weighted by Crippen LogP contribution is 2.31. The van der Waals surface area contributed by atoms with E-state index in [1.54, 1.807) is 30.3 Å². The highest BCUT2D eigenvalue weighted by molar-refractivity contribution is 6.06. The van der Waals surface area contributed by atoms with Gasteiger partial charge in [0.15, 0.2) is 11.5 Å². The lowest BCUT2D eigenvalue weighted by Gasteiger charge is -2.13. The first-order valence-corrected chi connectivity index (χ1v) is 9.44. The number of allylic oxidation sites excluding steroid dienone is 1. The van der Waals surface area contributed by atoms with Crippen molar-refractivity contribution in [1.82, 2.24) is 0 Å². The number of benzene rings is 3. The van der Waals surface area contributed by atoms with E-state index in [4.69, 9.17) is 14.2 Å². The van der Waals surface area contributed by atoms with Gasteiger partial charge in [-0.05, 0) is 48.0 Å². The number of methoxy groups -OCH3 is 2. The molecule has 0 aliphatic carbocycles. The van der Waals surface area contributed by atoms with Crippen molar-refractivity contribution in [1.29, 1.82) is 0 Å². The van der Waals surface area contributed by atoms with Gasteiger partial charge in [-0.1, -0.05) is 12.1 Å². The third-order valence-electron chi connectivity index (χ3n) is 4.65. The third-order valence-corrected chi connectivity index (χ3v) is 4.65. The second kappa shape index (κ2) is 10.2. The lowest BCUT2D eigenvalue weighted by atomic mass is 10.1. The Balaban J connectivity index is 1.81. The number of hydrogen-bond acceptors (Lipinski definition) is 4. The van der Waals surface area contributed by atoms with Crippen molar-refractivity contribution in [2.24, 2.45) is 0 Å². The molecule has 3 rings (SSSR count). The Morgan fingerprint density at radius 3 is 2.00 bits per heavy atom. The average Bonchev–Trinajstić information content (AvgIpc) is 2.84. The summed E-state index contributed by atoms with van der Waals surface area (Å²) in [6, 6.07) is 11.1. The summed E-state index contributed by atoms with van der Waals surface area (Å²) in [7, 11) is 2.84. The molecule has 0 atom stereocenters. The number of halogens is 5. The Labute approximate surface area is 185 Å². The number of carbonyl (C=O) groups is 1. The van der Waals surface area contributed by atoms with Gasteiger partial charge in [-0.15, -0.1) is 0 Å². The Kier molecular flexibility index (Phi) is 7.32. The smallest absolute Gasteiger partial charge is 0.207 e. The van der Waals surface area contributed by atoms with E-state index in [-0.39, 0.29) is 17.1 Å². The lowest BCUT2D eigenvalue weighted by molar-refractivity contribution is 0.104. The quantitative estimate of drug-likeness (QED) is 0.137. The minimum atomic E-state index is -2.27. The molecule has 172 valence electrons. The number of rotatable bonds is 8. The van der Waals surface area contributed by atoms with Gasteiger partial charge in [0.25, 0.3) is 0 Å². The van der Waals surface area contributed by atoms with Crippen molar-refractivity contribution in [2.75, 3.05) is 14.2 Å². The Morgan fingerprint density at radius 2 is 1.42 bits per heavy atom. The molecule has 0 radical (unpaired) electrons. The normalized spacial score (nSPS) is 11.0. The van der Waals surface area contributed by atoms with E-state index in [9.17, 15) is 26.7 Å². The first-order valence-electron chi connectivity index (χ1n) is 9.44. The van der Waals surface area contributed by atoms with Crippen LogP contribution in [0.4, 0.5) is 22.0 Å². The number of ketones is 1. The average molecular weight is 464 g/mol. The molecular formula is C24H17F5O4. The molecule has 0 spiro atoms. The molecule has 0 amide bonds. The van der Waals surface area contributed by atoms with Gasteiger partial charge < -0.3 is 14.2 Å². The van der Waals surface area contributed by atoms with Crippen molar-refractivity contribution >= 4 is 11.9 Å². The second-order valence-electron chi connectivity index (χ2n) is 6.69. The minimum absolute atomic E-state index is 0.248. The summed E-state index contributed by atoms with van der Waals surface area (Å²) in [5.41, 5.74) is 1.18. The second-order valence-corrected chi connectivity index (χ2v) is 6.69. The maximum Gasteiger partial charge on any atom is 0.207 e. The summed E-state index contributed by atoms with van der Waals surface area (Å²) in [6.07, 6.45) is 2.81. The zero-order chi connectivity index (χ0) is 24.1. The monoisotopic (exact) mass is 464 g/mol. The van der Waals surface area contributed by atoms with Crippen molar-refractivity contribution in [3.63, 3.8) is 0 Å². The molecule has 0 fully saturated rings. The standard InChI is InChI=1S/C24H17F5O4/c1-31-16-7-5-14(6-8-16)17(30)9-3-13-4-10-18(32-2)15(11-13)12-33-24-22(28)20(26)19(25)21(27)23(24)29/h3-11H,12H2,1-2H3/b9-3+. The summed E-state index contributed by atoms with van der Waals surface area (Å²) in [4.78, 5) is 12.3. The van der Waals surface area contributed by atoms with Crippen LogP contribution in [0.1, 0.15) is 21.5 Å². The van der Waals surface area contributed by atoms with Crippen LogP contribution in [0.15, 0.2) is 48.5 Å². The fourth-order valence-electron chi connectivity index (χ4n) is 2.90. The summed E-state index contributed by atoms with van der Waals surface area (Å²) in [6.45, 7) is -0.560. The van der Waals surface area contributed by atoms with E-state index in [0.29, 0.717) is 16.9 Å². The fraction of sp³-hybridized carbons (Fsp3) is 0.125. The Morgan fingerprint density at radius 1 is 0.818 bits per heavy atom. The molecule has 0 N–H and O–H groups in total. The Bertz CT molecular complexity index is 1180. The van der Waals surface area contributed by atoms with Crippen LogP contribution in [-0.4, -0.2) is 20.0 Å². The maximum atomic E-state index is 13.9. The van der Waals surface area contributed by atoms with E-state index in [1.165, 1.54) is 38.5 Å². The van der Waals surface area contributed by atoms with Crippen molar-refractivity contribution < 1.29 is 41.0 Å². The number of ether oxygens (including phenoxy) is 3. The summed E-state index contributed by atoms with van der Waals surface area (Å²) in [5.74, 6) is -11.5. The SMILES string of the molecule is COc1ccc(C(=O)/C=C/c2ccc(OC)c(COc3c(F)c(F)c(F)c(F)c3F)c2)cc1. The molecule has 0 bridgehead atoms. The molecule has 0 unspecified atom stereocenters. The van der Waals surface area contributed by atoms with Crippen LogP contribution in [0.25, 0.3) is 6.08 Å². The van der Waals surface area contributed by atoms with Crippen LogP contribution < -0.4 is 14.2 Å². The Hall–Kier alpha value is -3.88. The zero-order valence-electron chi connectivity index (χ0n) is 17.4. The summed E-state index contributed by atoms with van der Waals surface area (Å²) >= 11 is 0. The molecule has 0 aromatic heterocycles. The lowest BCUT2D eigenvalue weighted by Crippen LogP contribution is -2.07. The van der Waals surface area contributed by atoms with Crippen LogP contribution in [0.2, 0.25) is 0 Å². The van der Waals surface area contributed by atoms with Gasteiger partial charge in [0.2, 0.25) is 29.1 Å². The molecule has 0 saturated heterocycles. The molecule has 3 aromatic carbocycles. The molecule has 33 heavy (non-hydrogen) atoms. The maximum absolute atomic E-state index is 13.9. The molecular weight excluding hydrogens is 447 g/mol. The van der Waals surface area contributed by atoms with Gasteiger partial charge >= 0.3 is 0 Å². The van der Waals surface area contributed by atoms with Crippen molar-refractivity contribution in [3.8, 4) is 17.2 Å². The first-order chi connectivity index (χ1) is 15.8. The first kappa shape index (κ1) is 23.8. The van der Waals surface area contributed by atoms with Gasteiger partial charge in [-0.2, -0.15) is 8.78 Å². The molecule has 0 saturated carbocycles. The molecule has 4 nitrogen and oxygen atoms in total. The minimum Gasteiger partial charge on any atom is -0.497 e. The highest BCUT2D eigenvalue weighted by Gasteiger charge is 2.27. The molecule has 0 aliphatic heterocycles. The van der Waals surface area contributed by atoms with Crippen molar-refractivity contribution in [3.05, 3.63) is 94.3 Å². The van der Waals surface area contributed by atoms with Crippen LogP contribution >= 0.6 is 0 Å². The van der Waals surface area contributed by atoms with Gasteiger partial charge in [0.05, 0.1) is 14.2 Å². The topological polar surface area (TPSA) is 44.8 Å². The van der Waals surface area contributed by atoms with E-state index in [2.05, 4.69) is 0 Å². The molecule has 9 heteroatoms. The third kappa shape index (κ3) is 5.14. The van der Waals surface area contributed by atoms with Gasteiger partial charge in [-0.3, -0.25) is 4.79 Å². The van der Waals surface area contributed by atoms with E-state index >= 15 is 0 Å². The van der Waals surface area contributed by atoms with E-state index < -0.39 is 41.4 Å². The summed E-state index contributed by atoms with van der Waals surface area (Å²) < 4.78 is 82.8. The van der Waals surface area contributed by atoms with Crippen molar-refractivity contribution in [2.45, 2.75) is 6.61 Å².